The Labute approximate surface area is 202 Å². The molecular weight excluding hydrogens is 438 g/mol. The molecule has 1 N–H and O–H groups in total. The van der Waals surface area contributed by atoms with E-state index in [0.29, 0.717) is 11.1 Å². The highest BCUT2D eigenvalue weighted by Gasteiger charge is 2.18. The summed E-state index contributed by atoms with van der Waals surface area (Å²) in [6.45, 7) is 3.88. The molecule has 0 aliphatic rings. The normalized spacial score (nSPS) is 11.0. The van der Waals surface area contributed by atoms with Crippen molar-refractivity contribution in [1.29, 1.82) is 0 Å². The van der Waals surface area contributed by atoms with E-state index in [1.807, 2.05) is 85.1 Å². The van der Waals surface area contributed by atoms with Crippen LogP contribution in [-0.2, 0) is 17.8 Å². The van der Waals surface area contributed by atoms with Gasteiger partial charge in [-0.05, 0) is 67.8 Å². The molecule has 1 amide bonds. The van der Waals surface area contributed by atoms with E-state index < -0.39 is 0 Å². The molecule has 0 radical (unpaired) electrons. The Kier molecular flexibility index (Phi) is 5.97. The van der Waals surface area contributed by atoms with Gasteiger partial charge in [-0.15, -0.1) is 0 Å². The topological polar surface area (TPSA) is 81.8 Å². The van der Waals surface area contributed by atoms with Crippen LogP contribution in [0.5, 0.6) is 0 Å². The van der Waals surface area contributed by atoms with Gasteiger partial charge in [0.25, 0.3) is 5.56 Å². The number of aromatic nitrogens is 4. The number of amides is 1. The van der Waals surface area contributed by atoms with Crippen LogP contribution in [0.1, 0.15) is 22.5 Å². The van der Waals surface area contributed by atoms with E-state index in [1.165, 1.54) is 10.2 Å². The first-order valence-corrected chi connectivity index (χ1v) is 11.4. The van der Waals surface area contributed by atoms with Crippen molar-refractivity contribution in [3.8, 4) is 5.69 Å². The summed E-state index contributed by atoms with van der Waals surface area (Å²) >= 11 is 0. The van der Waals surface area contributed by atoms with Crippen molar-refractivity contribution in [3.05, 3.63) is 118 Å². The van der Waals surface area contributed by atoms with Crippen molar-refractivity contribution in [2.45, 2.75) is 26.8 Å². The molecule has 3 heterocycles. The molecule has 0 aliphatic carbocycles. The summed E-state index contributed by atoms with van der Waals surface area (Å²) in [7, 11) is 0. The molecule has 5 aromatic rings. The average Bonchev–Trinajstić information content (AvgIpc) is 3.12. The Morgan fingerprint density at radius 3 is 2.29 bits per heavy atom. The highest BCUT2D eigenvalue weighted by atomic mass is 16.2. The molecule has 0 bridgehead atoms. The zero-order valence-corrected chi connectivity index (χ0v) is 19.6. The molecule has 0 spiro atoms. The van der Waals surface area contributed by atoms with Crippen LogP contribution in [-0.4, -0.2) is 25.2 Å². The Balaban J connectivity index is 1.35. The zero-order valence-electron chi connectivity index (χ0n) is 19.6. The number of rotatable bonds is 6. The van der Waals surface area contributed by atoms with Gasteiger partial charge in [0.1, 0.15) is 6.54 Å². The van der Waals surface area contributed by atoms with E-state index >= 15 is 0 Å². The molecule has 5 rings (SSSR count). The van der Waals surface area contributed by atoms with Crippen molar-refractivity contribution < 1.29 is 4.79 Å². The van der Waals surface area contributed by atoms with Gasteiger partial charge in [-0.2, -0.15) is 9.78 Å². The second-order valence-corrected chi connectivity index (χ2v) is 8.52. The fraction of sp³-hybridized carbons (Fsp3) is 0.143. The Hall–Kier alpha value is -4.52. The molecule has 0 aliphatic heterocycles. The molecular formula is C28H25N5O2. The van der Waals surface area contributed by atoms with Gasteiger partial charge >= 0.3 is 0 Å². The molecule has 3 aromatic heterocycles. The molecule has 174 valence electrons. The first-order valence-electron chi connectivity index (χ1n) is 11.4. The Bertz CT molecular complexity index is 1550. The van der Waals surface area contributed by atoms with Gasteiger partial charge in [-0.3, -0.25) is 14.6 Å². The third-order valence-electron chi connectivity index (χ3n) is 6.24. The summed E-state index contributed by atoms with van der Waals surface area (Å²) in [5.41, 5.74) is 5.16. The van der Waals surface area contributed by atoms with Crippen LogP contribution < -0.4 is 10.9 Å². The van der Waals surface area contributed by atoms with E-state index in [2.05, 4.69) is 15.4 Å². The summed E-state index contributed by atoms with van der Waals surface area (Å²) in [4.78, 5) is 30.2. The lowest BCUT2D eigenvalue weighted by atomic mass is 10.1. The van der Waals surface area contributed by atoms with Crippen LogP contribution in [0, 0.1) is 13.8 Å². The van der Waals surface area contributed by atoms with Gasteiger partial charge in [0.15, 0.2) is 0 Å². The number of nitrogens with one attached hydrogen (secondary N) is 1. The minimum atomic E-state index is -0.196. The summed E-state index contributed by atoms with van der Waals surface area (Å²) in [6.07, 6.45) is 6.07. The van der Waals surface area contributed by atoms with Crippen LogP contribution in [0.3, 0.4) is 0 Å². The number of hydrogen-bond donors (Lipinski definition) is 1. The van der Waals surface area contributed by atoms with E-state index in [9.17, 15) is 9.59 Å². The van der Waals surface area contributed by atoms with Gasteiger partial charge in [0.05, 0.1) is 17.3 Å². The highest BCUT2D eigenvalue weighted by molar-refractivity contribution is 5.92. The van der Waals surface area contributed by atoms with E-state index in [0.717, 1.165) is 34.4 Å². The standard InChI is InChI=1S/C28H25N5O2/c1-19-25-17-30-33(24-6-4-3-5-7-24)28(35)27(25)20(2)32(19)18-26(34)31-23-10-8-21(9-11-23)16-22-12-14-29-15-13-22/h3-15,17H,16,18H2,1-2H3,(H,31,34). The molecule has 2 aromatic carbocycles. The molecule has 0 atom stereocenters. The number of pyridine rings is 1. The molecule has 0 unspecified atom stereocenters. The number of carbonyl (C=O) groups excluding carboxylic acids is 1. The van der Waals surface area contributed by atoms with Gasteiger partial charge < -0.3 is 9.88 Å². The number of aryl methyl sites for hydroxylation is 2. The molecule has 7 heteroatoms. The smallest absolute Gasteiger partial charge is 0.281 e. The summed E-state index contributed by atoms with van der Waals surface area (Å²) in [5.74, 6) is -0.158. The average molecular weight is 464 g/mol. The lowest BCUT2D eigenvalue weighted by molar-refractivity contribution is -0.116. The van der Waals surface area contributed by atoms with Crippen LogP contribution in [0.25, 0.3) is 16.5 Å². The van der Waals surface area contributed by atoms with Gasteiger partial charge in [-0.25, -0.2) is 0 Å². The lowest BCUT2D eigenvalue weighted by Crippen LogP contribution is -2.22. The molecule has 0 saturated heterocycles. The van der Waals surface area contributed by atoms with Crippen molar-refractivity contribution in [2.75, 3.05) is 5.32 Å². The summed E-state index contributed by atoms with van der Waals surface area (Å²) < 4.78 is 3.27. The zero-order chi connectivity index (χ0) is 24.4. The number of nitrogens with zero attached hydrogens (tertiary/aromatic N) is 4. The van der Waals surface area contributed by atoms with E-state index in [1.54, 1.807) is 18.6 Å². The summed E-state index contributed by atoms with van der Waals surface area (Å²) in [6, 6.07) is 21.1. The maximum absolute atomic E-state index is 13.2. The largest absolute Gasteiger partial charge is 0.338 e. The second-order valence-electron chi connectivity index (χ2n) is 8.52. The first kappa shape index (κ1) is 22.3. The Morgan fingerprint density at radius 1 is 0.886 bits per heavy atom. The fourth-order valence-electron chi connectivity index (χ4n) is 4.39. The van der Waals surface area contributed by atoms with E-state index in [-0.39, 0.29) is 18.0 Å². The quantitative estimate of drug-likeness (QED) is 0.404. The minimum absolute atomic E-state index is 0.107. The Morgan fingerprint density at radius 2 is 1.57 bits per heavy atom. The number of hydrogen-bond acceptors (Lipinski definition) is 4. The lowest BCUT2D eigenvalue weighted by Gasteiger charge is -2.10. The molecule has 7 nitrogen and oxygen atoms in total. The maximum atomic E-state index is 13.2. The maximum Gasteiger partial charge on any atom is 0.281 e. The van der Waals surface area contributed by atoms with Crippen LogP contribution in [0.15, 0.2) is 90.1 Å². The number of fused-ring (bicyclic) bond motifs is 1. The molecule has 0 fully saturated rings. The SMILES string of the molecule is Cc1c2cnn(-c3ccccc3)c(=O)c2c(C)n1CC(=O)Nc1ccc(Cc2ccncc2)cc1. The second kappa shape index (κ2) is 9.38. The van der Waals surface area contributed by atoms with Crippen LogP contribution in [0.2, 0.25) is 0 Å². The highest BCUT2D eigenvalue weighted by Crippen LogP contribution is 2.23. The van der Waals surface area contributed by atoms with Crippen molar-refractivity contribution >= 4 is 22.4 Å². The predicted molar refractivity (Wildman–Crippen MR) is 137 cm³/mol. The van der Waals surface area contributed by atoms with Crippen LogP contribution in [0.4, 0.5) is 5.69 Å². The third-order valence-corrected chi connectivity index (χ3v) is 6.24. The van der Waals surface area contributed by atoms with Crippen molar-refractivity contribution in [2.24, 2.45) is 0 Å². The molecule has 0 saturated carbocycles. The number of benzene rings is 2. The number of anilines is 1. The minimum Gasteiger partial charge on any atom is -0.338 e. The van der Waals surface area contributed by atoms with E-state index in [4.69, 9.17) is 0 Å². The van der Waals surface area contributed by atoms with Crippen molar-refractivity contribution in [3.63, 3.8) is 0 Å². The number of carbonyl (C=O) groups is 1. The summed E-state index contributed by atoms with van der Waals surface area (Å²) in [5, 5.41) is 8.66. The predicted octanol–water partition coefficient (Wildman–Crippen LogP) is 4.43. The monoisotopic (exact) mass is 463 g/mol. The first-order chi connectivity index (χ1) is 17.0. The van der Waals surface area contributed by atoms with Crippen molar-refractivity contribution in [1.82, 2.24) is 19.3 Å². The number of para-hydroxylation sites is 1. The van der Waals surface area contributed by atoms with Gasteiger partial charge in [0.2, 0.25) is 5.91 Å². The third kappa shape index (κ3) is 4.48. The fourth-order valence-corrected chi connectivity index (χ4v) is 4.39. The van der Waals surface area contributed by atoms with Crippen LogP contribution >= 0.6 is 0 Å². The molecule has 35 heavy (non-hydrogen) atoms. The van der Waals surface area contributed by atoms with Gasteiger partial charge in [-0.1, -0.05) is 30.3 Å². The van der Waals surface area contributed by atoms with Gasteiger partial charge in [0, 0.05) is 34.9 Å².